The van der Waals surface area contributed by atoms with Crippen LogP contribution in [-0.4, -0.2) is 10.2 Å². The highest BCUT2D eigenvalue weighted by Gasteiger charge is 2.14. The van der Waals surface area contributed by atoms with Crippen molar-refractivity contribution in [2.75, 3.05) is 0 Å². The Bertz CT molecular complexity index is 928. The van der Waals surface area contributed by atoms with Gasteiger partial charge in [0.1, 0.15) is 17.6 Å². The van der Waals surface area contributed by atoms with Crippen LogP contribution in [0.15, 0.2) is 45.8 Å². The van der Waals surface area contributed by atoms with E-state index in [4.69, 9.17) is 16.0 Å². The maximum Gasteiger partial charge on any atom is 0.200 e. The van der Waals surface area contributed by atoms with E-state index in [2.05, 4.69) is 0 Å². The Balaban J connectivity index is 2.34. The molecule has 0 saturated carbocycles. The number of aryl methyl sites for hydroxylation is 1. The first kappa shape index (κ1) is 14.6. The van der Waals surface area contributed by atoms with E-state index in [1.165, 1.54) is 18.4 Å². The summed E-state index contributed by atoms with van der Waals surface area (Å²) in [6.07, 6.45) is 1.36. The molecule has 1 aromatic heterocycles. The first-order valence-electron chi connectivity index (χ1n) is 6.66. The van der Waals surface area contributed by atoms with Gasteiger partial charge in [-0.25, -0.2) is 0 Å². The Morgan fingerprint density at radius 2 is 2.00 bits per heavy atom. The van der Waals surface area contributed by atoms with Gasteiger partial charge in [0.2, 0.25) is 5.43 Å². The van der Waals surface area contributed by atoms with Crippen LogP contribution < -0.4 is 5.43 Å². The van der Waals surface area contributed by atoms with Gasteiger partial charge in [0, 0.05) is 0 Å². The van der Waals surface area contributed by atoms with Gasteiger partial charge >= 0.3 is 0 Å². The van der Waals surface area contributed by atoms with Crippen molar-refractivity contribution in [2.45, 2.75) is 13.5 Å². The minimum Gasteiger partial charge on any atom is -0.506 e. The molecule has 0 radical (unpaired) electrons. The van der Waals surface area contributed by atoms with E-state index in [9.17, 15) is 15.0 Å². The molecule has 0 bridgehead atoms. The molecule has 1 heterocycles. The van der Waals surface area contributed by atoms with Crippen molar-refractivity contribution in [1.29, 1.82) is 0 Å². The second-order valence-electron chi connectivity index (χ2n) is 5.04. The smallest absolute Gasteiger partial charge is 0.200 e. The average molecular weight is 317 g/mol. The van der Waals surface area contributed by atoms with E-state index < -0.39 is 0 Å². The van der Waals surface area contributed by atoms with Gasteiger partial charge in [-0.15, -0.1) is 0 Å². The summed E-state index contributed by atoms with van der Waals surface area (Å²) < 4.78 is 5.53. The molecule has 3 aromatic rings. The topological polar surface area (TPSA) is 70.7 Å². The highest BCUT2D eigenvalue weighted by atomic mass is 35.5. The molecule has 2 N–H and O–H groups in total. The fourth-order valence-electron chi connectivity index (χ4n) is 2.47. The lowest BCUT2D eigenvalue weighted by molar-refractivity contribution is 0.282. The number of rotatable bonds is 2. The van der Waals surface area contributed by atoms with E-state index in [0.717, 1.165) is 5.56 Å². The van der Waals surface area contributed by atoms with E-state index in [-0.39, 0.29) is 22.8 Å². The zero-order valence-corrected chi connectivity index (χ0v) is 12.5. The van der Waals surface area contributed by atoms with Crippen LogP contribution in [0.3, 0.4) is 0 Å². The maximum absolute atomic E-state index is 12.8. The number of phenolic OH excluding ortho intramolecular Hbond substituents is 1. The summed E-state index contributed by atoms with van der Waals surface area (Å²) >= 11 is 5.90. The van der Waals surface area contributed by atoms with Crippen LogP contribution in [0.2, 0.25) is 5.02 Å². The van der Waals surface area contributed by atoms with Crippen LogP contribution in [-0.2, 0) is 6.61 Å². The molecule has 0 atom stereocenters. The molecule has 112 valence electrons. The number of hydrogen-bond acceptors (Lipinski definition) is 4. The Morgan fingerprint density at radius 3 is 2.68 bits per heavy atom. The average Bonchev–Trinajstić information content (AvgIpc) is 2.51. The summed E-state index contributed by atoms with van der Waals surface area (Å²) in [7, 11) is 0. The van der Waals surface area contributed by atoms with E-state index in [1.54, 1.807) is 18.2 Å². The molecule has 0 aliphatic rings. The fourth-order valence-corrected chi connectivity index (χ4v) is 2.65. The largest absolute Gasteiger partial charge is 0.506 e. The molecule has 0 aliphatic heterocycles. The SMILES string of the molecule is Cc1ccc2occ(-c3ccc(O)c(Cl)c3)c(=O)c2c1CO. The molecule has 5 heteroatoms. The van der Waals surface area contributed by atoms with Crippen LogP contribution in [0.1, 0.15) is 11.1 Å². The standard InChI is InChI=1S/C17H13ClO4/c1-9-2-5-15-16(11(9)7-19)17(21)12(8-22-15)10-3-4-14(20)13(18)6-10/h2-6,8,19-20H,7H2,1H3. The zero-order chi connectivity index (χ0) is 15.9. The van der Waals surface area contributed by atoms with Gasteiger partial charge in [0.15, 0.2) is 0 Å². The zero-order valence-electron chi connectivity index (χ0n) is 11.8. The lowest BCUT2D eigenvalue weighted by Crippen LogP contribution is -2.08. The molecule has 0 amide bonds. The minimum absolute atomic E-state index is 0.0533. The van der Waals surface area contributed by atoms with Crippen LogP contribution in [0, 0.1) is 6.92 Å². The Kier molecular flexibility index (Phi) is 3.64. The van der Waals surface area contributed by atoms with Crippen molar-refractivity contribution >= 4 is 22.6 Å². The summed E-state index contributed by atoms with van der Waals surface area (Å²) in [4.78, 5) is 12.8. The predicted octanol–water partition coefficient (Wildman–Crippen LogP) is 3.62. The van der Waals surface area contributed by atoms with Gasteiger partial charge in [0.25, 0.3) is 0 Å². The molecule has 0 aliphatic carbocycles. The summed E-state index contributed by atoms with van der Waals surface area (Å²) in [5.41, 5.74) is 2.43. The van der Waals surface area contributed by atoms with Crippen LogP contribution in [0.5, 0.6) is 5.75 Å². The highest BCUT2D eigenvalue weighted by Crippen LogP contribution is 2.29. The summed E-state index contributed by atoms with van der Waals surface area (Å²) in [6.45, 7) is 1.59. The van der Waals surface area contributed by atoms with E-state index in [0.29, 0.717) is 27.7 Å². The Labute approximate surface area is 131 Å². The maximum atomic E-state index is 12.8. The third-order valence-electron chi connectivity index (χ3n) is 3.70. The second-order valence-corrected chi connectivity index (χ2v) is 5.44. The van der Waals surface area contributed by atoms with Gasteiger partial charge < -0.3 is 14.6 Å². The number of halogens is 1. The van der Waals surface area contributed by atoms with Gasteiger partial charge in [0.05, 0.1) is 22.6 Å². The van der Waals surface area contributed by atoms with Crippen molar-refractivity contribution in [3.8, 4) is 16.9 Å². The minimum atomic E-state index is -0.242. The Hall–Kier alpha value is -2.30. The molecule has 0 fully saturated rings. The molecular weight excluding hydrogens is 304 g/mol. The number of aliphatic hydroxyl groups is 1. The normalized spacial score (nSPS) is 11.0. The predicted molar refractivity (Wildman–Crippen MR) is 85.3 cm³/mol. The molecule has 4 nitrogen and oxygen atoms in total. The number of aromatic hydroxyl groups is 1. The first-order valence-corrected chi connectivity index (χ1v) is 7.04. The number of hydrogen-bond donors (Lipinski definition) is 2. The van der Waals surface area contributed by atoms with Crippen LogP contribution >= 0.6 is 11.6 Å². The number of phenols is 1. The molecule has 0 saturated heterocycles. The quantitative estimate of drug-likeness (QED) is 0.757. The molecule has 2 aromatic carbocycles. The molecule has 22 heavy (non-hydrogen) atoms. The number of fused-ring (bicyclic) bond motifs is 1. The summed E-state index contributed by atoms with van der Waals surface area (Å²) in [6, 6.07) is 8.02. The van der Waals surface area contributed by atoms with Crippen LogP contribution in [0.25, 0.3) is 22.1 Å². The van der Waals surface area contributed by atoms with Gasteiger partial charge in [-0.1, -0.05) is 23.7 Å². The number of benzene rings is 2. The van der Waals surface area contributed by atoms with Crippen molar-refractivity contribution in [2.24, 2.45) is 0 Å². The summed E-state index contributed by atoms with van der Waals surface area (Å²) in [5.74, 6) is -0.0533. The van der Waals surface area contributed by atoms with Gasteiger partial charge in [-0.2, -0.15) is 0 Å². The lowest BCUT2D eigenvalue weighted by Gasteiger charge is -2.09. The van der Waals surface area contributed by atoms with Crippen molar-refractivity contribution in [1.82, 2.24) is 0 Å². The molecule has 0 unspecified atom stereocenters. The van der Waals surface area contributed by atoms with E-state index >= 15 is 0 Å². The fraction of sp³-hybridized carbons (Fsp3) is 0.118. The molecule has 3 rings (SSSR count). The van der Waals surface area contributed by atoms with Crippen molar-refractivity contribution in [3.05, 3.63) is 63.0 Å². The van der Waals surface area contributed by atoms with Gasteiger partial charge in [-0.3, -0.25) is 4.79 Å². The van der Waals surface area contributed by atoms with Crippen LogP contribution in [0.4, 0.5) is 0 Å². The van der Waals surface area contributed by atoms with E-state index in [1.807, 2.05) is 6.92 Å². The van der Waals surface area contributed by atoms with Crippen molar-refractivity contribution in [3.63, 3.8) is 0 Å². The molecular formula is C17H13ClO4. The third-order valence-corrected chi connectivity index (χ3v) is 4.00. The Morgan fingerprint density at radius 1 is 1.23 bits per heavy atom. The highest BCUT2D eigenvalue weighted by molar-refractivity contribution is 6.32. The third kappa shape index (κ3) is 2.26. The second kappa shape index (κ2) is 5.48. The first-order chi connectivity index (χ1) is 10.5. The van der Waals surface area contributed by atoms with Crippen molar-refractivity contribution < 1.29 is 14.6 Å². The molecule has 0 spiro atoms. The summed E-state index contributed by atoms with van der Waals surface area (Å²) in [5, 5.41) is 19.6. The van der Waals surface area contributed by atoms with Gasteiger partial charge in [-0.05, 0) is 41.8 Å². The number of aliphatic hydroxyl groups excluding tert-OH is 1. The lowest BCUT2D eigenvalue weighted by atomic mass is 10.00. The monoisotopic (exact) mass is 316 g/mol.